The molecule has 1 saturated heterocycles. The molecule has 2 heterocycles. The Morgan fingerprint density at radius 1 is 1.17 bits per heavy atom. The minimum absolute atomic E-state index is 0.0480. The number of aromatic nitrogens is 1. The number of anilines is 2. The van der Waals surface area contributed by atoms with Crippen molar-refractivity contribution >= 4 is 41.2 Å². The van der Waals surface area contributed by atoms with E-state index in [1.165, 1.54) is 35.4 Å². The van der Waals surface area contributed by atoms with E-state index in [0.29, 0.717) is 17.9 Å². The van der Waals surface area contributed by atoms with Gasteiger partial charge in [0.05, 0.1) is 5.69 Å². The monoisotopic (exact) mass is 523 g/mol. The van der Waals surface area contributed by atoms with E-state index in [2.05, 4.69) is 10.3 Å². The van der Waals surface area contributed by atoms with Gasteiger partial charge in [0.1, 0.15) is 11.4 Å². The molecular weight excluding hydrogens is 495 g/mol. The number of hydrogen-bond donors (Lipinski definition) is 1. The summed E-state index contributed by atoms with van der Waals surface area (Å²) < 4.78 is 37.9. The van der Waals surface area contributed by atoms with Crippen molar-refractivity contribution < 1.29 is 27.6 Å². The first-order chi connectivity index (χ1) is 16.8. The Morgan fingerprint density at radius 3 is 2.44 bits per heavy atom. The molecule has 1 aliphatic rings. The molecule has 194 valence electrons. The van der Waals surface area contributed by atoms with Gasteiger partial charge in [-0.2, -0.15) is 13.2 Å². The molecule has 1 aliphatic heterocycles. The predicted octanol–water partition coefficient (Wildman–Crippen LogP) is 5.70. The number of imide groups is 1. The summed E-state index contributed by atoms with van der Waals surface area (Å²) in [6.45, 7) is 5.91. The van der Waals surface area contributed by atoms with Crippen LogP contribution >= 0.6 is 11.8 Å². The first kappa shape index (κ1) is 27.3. The number of carbonyl (C=O) groups is 3. The molecule has 1 aromatic carbocycles. The predicted molar refractivity (Wildman–Crippen MR) is 132 cm³/mol. The number of unbranched alkanes of at least 4 members (excludes halogenated alkanes) is 1. The topological polar surface area (TPSA) is 85.9 Å². The second kappa shape index (κ2) is 10.8. The van der Waals surface area contributed by atoms with Crippen molar-refractivity contribution in [2.75, 3.05) is 23.8 Å². The van der Waals surface area contributed by atoms with E-state index >= 15 is 0 Å². The number of benzene rings is 1. The van der Waals surface area contributed by atoms with E-state index in [4.69, 9.17) is 0 Å². The van der Waals surface area contributed by atoms with Crippen molar-refractivity contribution in [3.8, 4) is 0 Å². The lowest BCUT2D eigenvalue weighted by Gasteiger charge is -2.27. The summed E-state index contributed by atoms with van der Waals surface area (Å²) in [6.07, 6.45) is 3.33. The maximum absolute atomic E-state index is 13.3. The third-order valence-corrected chi connectivity index (χ3v) is 6.49. The molecule has 12 heteroatoms. The standard InChI is InChI=1S/C24H28F3N5O3S/c1-5-6-13-30(4)21(34)29-19-14-16(11-12-28-19)15-31-22(35)32(20(33)23(31,2)3)17-7-9-18(10-8-17)36-24(25,26)27/h7-12,14H,5-6,13,15H2,1-4H3,(H,28,29,34). The Labute approximate surface area is 211 Å². The molecule has 0 unspecified atom stereocenters. The number of alkyl halides is 3. The first-order valence-electron chi connectivity index (χ1n) is 11.3. The molecule has 1 N–H and O–H groups in total. The van der Waals surface area contributed by atoms with Crippen LogP contribution in [0.5, 0.6) is 0 Å². The van der Waals surface area contributed by atoms with Gasteiger partial charge < -0.3 is 9.80 Å². The molecule has 2 aromatic rings. The lowest BCUT2D eigenvalue weighted by atomic mass is 10.0. The highest BCUT2D eigenvalue weighted by atomic mass is 32.2. The number of nitrogens with zero attached hydrogens (tertiary/aromatic N) is 4. The fourth-order valence-electron chi connectivity index (χ4n) is 3.65. The van der Waals surface area contributed by atoms with E-state index in [1.807, 2.05) is 6.92 Å². The van der Waals surface area contributed by atoms with E-state index in [-0.39, 0.29) is 34.9 Å². The van der Waals surface area contributed by atoms with Crippen molar-refractivity contribution in [3.05, 3.63) is 48.2 Å². The van der Waals surface area contributed by atoms with Crippen LogP contribution < -0.4 is 10.2 Å². The summed E-state index contributed by atoms with van der Waals surface area (Å²) in [6, 6.07) is 7.48. The minimum Gasteiger partial charge on any atom is -0.328 e. The molecular formula is C24H28F3N5O3S. The largest absolute Gasteiger partial charge is 0.446 e. The van der Waals surface area contributed by atoms with Gasteiger partial charge >= 0.3 is 17.6 Å². The van der Waals surface area contributed by atoms with Crippen LogP contribution in [0.25, 0.3) is 0 Å². The number of rotatable bonds is 8. The number of hydrogen-bond acceptors (Lipinski definition) is 5. The van der Waals surface area contributed by atoms with Crippen molar-refractivity contribution in [1.29, 1.82) is 0 Å². The summed E-state index contributed by atoms with van der Waals surface area (Å²) >= 11 is -0.271. The van der Waals surface area contributed by atoms with Gasteiger partial charge in [0.15, 0.2) is 0 Å². The van der Waals surface area contributed by atoms with Gasteiger partial charge in [0.2, 0.25) is 0 Å². The van der Waals surface area contributed by atoms with Crippen molar-refractivity contribution in [2.24, 2.45) is 0 Å². The maximum atomic E-state index is 13.3. The van der Waals surface area contributed by atoms with Gasteiger partial charge in [-0.3, -0.25) is 10.1 Å². The molecule has 0 spiro atoms. The summed E-state index contributed by atoms with van der Waals surface area (Å²) in [4.78, 5) is 46.8. The molecule has 36 heavy (non-hydrogen) atoms. The number of thioether (sulfide) groups is 1. The average Bonchev–Trinajstić information content (AvgIpc) is 2.96. The molecule has 5 amide bonds. The van der Waals surface area contributed by atoms with Crippen LogP contribution in [0, 0.1) is 0 Å². The molecule has 0 bridgehead atoms. The summed E-state index contributed by atoms with van der Waals surface area (Å²) in [5.74, 6) is -0.185. The van der Waals surface area contributed by atoms with Crippen LogP contribution in [-0.2, 0) is 11.3 Å². The number of urea groups is 2. The van der Waals surface area contributed by atoms with Gasteiger partial charge in [0.25, 0.3) is 5.91 Å². The number of nitrogens with one attached hydrogen (secondary N) is 1. The van der Waals surface area contributed by atoms with Gasteiger partial charge in [-0.25, -0.2) is 19.5 Å². The minimum atomic E-state index is -4.44. The SMILES string of the molecule is CCCCN(C)C(=O)Nc1cc(CN2C(=O)N(c3ccc(SC(F)(F)F)cc3)C(=O)C2(C)C)ccn1. The van der Waals surface area contributed by atoms with E-state index < -0.39 is 23.0 Å². The third-order valence-electron chi connectivity index (χ3n) is 5.75. The summed E-state index contributed by atoms with van der Waals surface area (Å²) in [5, 5.41) is 2.73. The number of pyridine rings is 1. The highest BCUT2D eigenvalue weighted by Gasteiger charge is 2.51. The summed E-state index contributed by atoms with van der Waals surface area (Å²) in [7, 11) is 1.69. The van der Waals surface area contributed by atoms with Crippen molar-refractivity contribution in [3.63, 3.8) is 0 Å². The molecule has 1 fully saturated rings. The zero-order valence-corrected chi connectivity index (χ0v) is 21.2. The highest BCUT2D eigenvalue weighted by Crippen LogP contribution is 2.39. The van der Waals surface area contributed by atoms with E-state index in [0.717, 1.165) is 17.7 Å². The van der Waals surface area contributed by atoms with Gasteiger partial charge in [-0.05, 0) is 74.0 Å². The lowest BCUT2D eigenvalue weighted by Crippen LogP contribution is -2.43. The Hall–Kier alpha value is -3.28. The fourth-order valence-corrected chi connectivity index (χ4v) is 4.19. The smallest absolute Gasteiger partial charge is 0.328 e. The number of amides is 5. The van der Waals surface area contributed by atoms with Gasteiger partial charge in [-0.1, -0.05) is 13.3 Å². The van der Waals surface area contributed by atoms with Crippen LogP contribution in [0.3, 0.4) is 0 Å². The van der Waals surface area contributed by atoms with Crippen LogP contribution in [0.15, 0.2) is 47.5 Å². The molecule has 3 rings (SSSR count). The Bertz CT molecular complexity index is 1120. The average molecular weight is 524 g/mol. The van der Waals surface area contributed by atoms with Gasteiger partial charge in [-0.15, -0.1) is 0 Å². The fraction of sp³-hybridized carbons (Fsp3) is 0.417. The van der Waals surface area contributed by atoms with Crippen molar-refractivity contribution in [2.45, 2.75) is 56.1 Å². The molecule has 1 aromatic heterocycles. The normalized spacial score (nSPS) is 15.4. The maximum Gasteiger partial charge on any atom is 0.446 e. The highest BCUT2D eigenvalue weighted by molar-refractivity contribution is 8.00. The van der Waals surface area contributed by atoms with Gasteiger partial charge in [0, 0.05) is 31.2 Å². The zero-order chi connectivity index (χ0) is 26.7. The van der Waals surface area contributed by atoms with Crippen LogP contribution in [-0.4, -0.2) is 57.4 Å². The molecule has 0 saturated carbocycles. The number of carbonyl (C=O) groups excluding carboxylic acids is 3. The Balaban J connectivity index is 1.76. The van der Waals surface area contributed by atoms with Crippen LogP contribution in [0.4, 0.5) is 34.3 Å². The third kappa shape index (κ3) is 6.28. The number of halogens is 3. The van der Waals surface area contributed by atoms with Crippen molar-refractivity contribution in [1.82, 2.24) is 14.8 Å². The molecule has 0 atom stereocenters. The first-order valence-corrected chi connectivity index (χ1v) is 12.1. The molecule has 0 aliphatic carbocycles. The second-order valence-corrected chi connectivity index (χ2v) is 10.0. The van der Waals surface area contributed by atoms with E-state index in [1.54, 1.807) is 37.9 Å². The second-order valence-electron chi connectivity index (χ2n) is 8.86. The molecule has 0 radical (unpaired) electrons. The zero-order valence-electron chi connectivity index (χ0n) is 20.4. The van der Waals surface area contributed by atoms with E-state index in [9.17, 15) is 27.6 Å². The molecule has 8 nitrogen and oxygen atoms in total. The van der Waals surface area contributed by atoms with Crippen LogP contribution in [0.2, 0.25) is 0 Å². The lowest BCUT2D eigenvalue weighted by molar-refractivity contribution is -0.123. The summed E-state index contributed by atoms with van der Waals surface area (Å²) in [5.41, 5.74) is -4.81. The Kier molecular flexibility index (Phi) is 8.17. The Morgan fingerprint density at radius 2 is 1.83 bits per heavy atom. The van der Waals surface area contributed by atoms with Crippen LogP contribution in [0.1, 0.15) is 39.2 Å². The quantitative estimate of drug-likeness (QED) is 0.354.